The monoisotopic (exact) mass is 429 g/mol. The lowest BCUT2D eigenvalue weighted by atomic mass is 10.1. The number of nitrogens with zero attached hydrogens (tertiary/aromatic N) is 1. The minimum Gasteiger partial charge on any atom is -0.508 e. The van der Waals surface area contributed by atoms with E-state index in [1.165, 1.54) is 24.3 Å². The van der Waals surface area contributed by atoms with Crippen LogP contribution in [0.15, 0.2) is 72.8 Å². The number of esters is 2. The van der Waals surface area contributed by atoms with Crippen molar-refractivity contribution in [2.75, 3.05) is 7.11 Å². The van der Waals surface area contributed by atoms with Gasteiger partial charge in [0.15, 0.2) is 0 Å². The molecule has 3 aromatic carbocycles. The lowest BCUT2D eigenvalue weighted by Crippen LogP contribution is -2.10. The van der Waals surface area contributed by atoms with Gasteiger partial charge in [-0.05, 0) is 79.7 Å². The van der Waals surface area contributed by atoms with Crippen LogP contribution in [0.1, 0.15) is 26.3 Å². The standard InChI is InChI=1S/C25H19NO6/c1-15-13-18-14-21(31-24(28)16-3-7-19(27)8-4-16)11-12-22(18)26-23(15)32-25(29)17-5-9-20(30-2)10-6-17/h3-14,27H,1-2H3. The van der Waals surface area contributed by atoms with Crippen LogP contribution in [0, 0.1) is 6.92 Å². The maximum atomic E-state index is 12.5. The molecule has 4 aromatic rings. The summed E-state index contributed by atoms with van der Waals surface area (Å²) in [5, 5.41) is 10.1. The molecule has 32 heavy (non-hydrogen) atoms. The van der Waals surface area contributed by atoms with Crippen molar-refractivity contribution in [1.29, 1.82) is 0 Å². The van der Waals surface area contributed by atoms with Crippen LogP contribution in [0.2, 0.25) is 0 Å². The maximum Gasteiger partial charge on any atom is 0.344 e. The van der Waals surface area contributed by atoms with Gasteiger partial charge < -0.3 is 19.3 Å². The molecule has 1 heterocycles. The Morgan fingerprint density at radius 2 is 1.38 bits per heavy atom. The average Bonchev–Trinajstić information content (AvgIpc) is 2.80. The van der Waals surface area contributed by atoms with Crippen LogP contribution in [-0.2, 0) is 0 Å². The molecular weight excluding hydrogens is 410 g/mol. The van der Waals surface area contributed by atoms with E-state index in [-0.39, 0.29) is 11.6 Å². The average molecular weight is 429 g/mol. The number of carbonyl (C=O) groups is 2. The highest BCUT2D eigenvalue weighted by Crippen LogP contribution is 2.26. The van der Waals surface area contributed by atoms with Gasteiger partial charge in [-0.2, -0.15) is 0 Å². The molecule has 1 N–H and O–H groups in total. The highest BCUT2D eigenvalue weighted by molar-refractivity contribution is 5.93. The van der Waals surface area contributed by atoms with Gasteiger partial charge in [0, 0.05) is 10.9 Å². The minimum absolute atomic E-state index is 0.0669. The molecule has 0 saturated carbocycles. The van der Waals surface area contributed by atoms with Crippen LogP contribution >= 0.6 is 0 Å². The first kappa shape index (κ1) is 20.9. The second-order valence-electron chi connectivity index (χ2n) is 7.02. The lowest BCUT2D eigenvalue weighted by molar-refractivity contribution is 0.0719. The topological polar surface area (TPSA) is 95.0 Å². The third-order valence-corrected chi connectivity index (χ3v) is 4.76. The number of carbonyl (C=O) groups excluding carboxylic acids is 2. The molecule has 0 fully saturated rings. The van der Waals surface area contributed by atoms with Crippen molar-refractivity contribution in [1.82, 2.24) is 4.98 Å². The Morgan fingerprint density at radius 1 is 0.781 bits per heavy atom. The van der Waals surface area contributed by atoms with Crippen molar-refractivity contribution >= 4 is 22.8 Å². The minimum atomic E-state index is -0.543. The predicted octanol–water partition coefficient (Wildman–Crippen LogP) is 4.70. The van der Waals surface area contributed by atoms with Gasteiger partial charge in [-0.25, -0.2) is 14.6 Å². The van der Waals surface area contributed by atoms with Crippen molar-refractivity contribution in [2.45, 2.75) is 6.92 Å². The van der Waals surface area contributed by atoms with Gasteiger partial charge in [0.2, 0.25) is 5.88 Å². The van der Waals surface area contributed by atoms with Gasteiger partial charge in [-0.15, -0.1) is 0 Å². The van der Waals surface area contributed by atoms with Gasteiger partial charge in [-0.3, -0.25) is 0 Å². The van der Waals surface area contributed by atoms with Gasteiger partial charge in [0.25, 0.3) is 0 Å². The van der Waals surface area contributed by atoms with E-state index >= 15 is 0 Å². The molecule has 0 bridgehead atoms. The number of benzene rings is 3. The fraction of sp³-hybridized carbons (Fsp3) is 0.0800. The van der Waals surface area contributed by atoms with Crippen LogP contribution in [0.4, 0.5) is 0 Å². The van der Waals surface area contributed by atoms with Gasteiger partial charge >= 0.3 is 11.9 Å². The fourth-order valence-corrected chi connectivity index (χ4v) is 3.05. The molecule has 7 nitrogen and oxygen atoms in total. The summed E-state index contributed by atoms with van der Waals surface area (Å²) in [4.78, 5) is 29.2. The van der Waals surface area contributed by atoms with Crippen molar-refractivity contribution in [3.05, 3.63) is 89.5 Å². The highest BCUT2D eigenvalue weighted by atomic mass is 16.5. The van der Waals surface area contributed by atoms with Crippen LogP contribution in [0.5, 0.6) is 23.1 Å². The zero-order chi connectivity index (χ0) is 22.7. The largest absolute Gasteiger partial charge is 0.508 e. The summed E-state index contributed by atoms with van der Waals surface area (Å²) in [6.07, 6.45) is 0. The van der Waals surface area contributed by atoms with E-state index in [0.717, 1.165) is 5.39 Å². The summed E-state index contributed by atoms with van der Waals surface area (Å²) >= 11 is 0. The van der Waals surface area contributed by atoms with Crippen molar-refractivity contribution in [2.24, 2.45) is 0 Å². The first-order valence-corrected chi connectivity index (χ1v) is 9.72. The first-order chi connectivity index (χ1) is 15.4. The fourth-order valence-electron chi connectivity index (χ4n) is 3.05. The zero-order valence-electron chi connectivity index (χ0n) is 17.4. The number of methoxy groups -OCH3 is 1. The Bertz CT molecular complexity index is 1300. The molecule has 0 saturated heterocycles. The number of hydrogen-bond donors (Lipinski definition) is 1. The van der Waals surface area contributed by atoms with E-state index in [0.29, 0.717) is 33.7 Å². The normalized spacial score (nSPS) is 10.6. The number of rotatable bonds is 5. The quantitative estimate of drug-likeness (QED) is 0.363. The van der Waals surface area contributed by atoms with E-state index in [2.05, 4.69) is 4.98 Å². The molecule has 0 aliphatic carbocycles. The number of fused-ring (bicyclic) bond motifs is 1. The first-order valence-electron chi connectivity index (χ1n) is 9.72. The summed E-state index contributed by atoms with van der Waals surface area (Å²) in [5.74, 6) is 0.189. The third-order valence-electron chi connectivity index (χ3n) is 4.76. The Morgan fingerprint density at radius 3 is 2.03 bits per heavy atom. The van der Waals surface area contributed by atoms with Gasteiger partial charge in [0.05, 0.1) is 23.8 Å². The highest BCUT2D eigenvalue weighted by Gasteiger charge is 2.14. The SMILES string of the molecule is COc1ccc(C(=O)Oc2nc3ccc(OC(=O)c4ccc(O)cc4)cc3cc2C)cc1. The number of aromatic hydroxyl groups is 1. The molecule has 4 rings (SSSR count). The van der Waals surface area contributed by atoms with Crippen LogP contribution in [0.25, 0.3) is 10.9 Å². The van der Waals surface area contributed by atoms with E-state index in [1.54, 1.807) is 62.6 Å². The van der Waals surface area contributed by atoms with E-state index in [1.807, 2.05) is 0 Å². The number of aryl methyl sites for hydroxylation is 1. The van der Waals surface area contributed by atoms with Crippen LogP contribution in [0.3, 0.4) is 0 Å². The molecule has 0 unspecified atom stereocenters. The molecule has 0 aliphatic heterocycles. The molecular formula is C25H19NO6. The van der Waals surface area contributed by atoms with Gasteiger partial charge in [-0.1, -0.05) is 0 Å². The number of pyridine rings is 1. The molecule has 160 valence electrons. The molecule has 0 amide bonds. The van der Waals surface area contributed by atoms with Crippen molar-refractivity contribution in [3.63, 3.8) is 0 Å². The Balaban J connectivity index is 1.53. The summed E-state index contributed by atoms with van der Waals surface area (Å²) in [6, 6.07) is 19.2. The molecule has 0 aliphatic rings. The second kappa shape index (κ2) is 8.77. The molecule has 1 aromatic heterocycles. The summed E-state index contributed by atoms with van der Waals surface area (Å²) < 4.78 is 16.0. The lowest BCUT2D eigenvalue weighted by Gasteiger charge is -2.10. The zero-order valence-corrected chi connectivity index (χ0v) is 17.4. The third kappa shape index (κ3) is 4.52. The molecule has 0 radical (unpaired) electrons. The number of hydrogen-bond acceptors (Lipinski definition) is 7. The van der Waals surface area contributed by atoms with E-state index in [9.17, 15) is 14.7 Å². The van der Waals surface area contributed by atoms with Crippen molar-refractivity contribution < 1.29 is 28.9 Å². The van der Waals surface area contributed by atoms with E-state index in [4.69, 9.17) is 14.2 Å². The number of aromatic nitrogens is 1. The Kier molecular flexibility index (Phi) is 5.72. The van der Waals surface area contributed by atoms with E-state index < -0.39 is 11.9 Å². The maximum absolute atomic E-state index is 12.5. The second-order valence-corrected chi connectivity index (χ2v) is 7.02. The summed E-state index contributed by atoms with van der Waals surface area (Å²) in [6.45, 7) is 1.78. The Labute approximate surface area is 183 Å². The number of phenolic OH excluding ortho intramolecular Hbond substituents is 1. The molecule has 7 heteroatoms. The predicted molar refractivity (Wildman–Crippen MR) is 117 cm³/mol. The van der Waals surface area contributed by atoms with Crippen LogP contribution < -0.4 is 14.2 Å². The number of phenols is 1. The smallest absolute Gasteiger partial charge is 0.344 e. The summed E-state index contributed by atoms with van der Waals surface area (Å²) in [5.41, 5.74) is 1.93. The summed E-state index contributed by atoms with van der Waals surface area (Å²) in [7, 11) is 1.55. The number of ether oxygens (including phenoxy) is 3. The Hall–Kier alpha value is -4.39. The van der Waals surface area contributed by atoms with Crippen LogP contribution in [-0.4, -0.2) is 29.1 Å². The molecule has 0 spiro atoms. The van der Waals surface area contributed by atoms with Crippen molar-refractivity contribution in [3.8, 4) is 23.1 Å². The molecule has 0 atom stereocenters. The van der Waals surface area contributed by atoms with Gasteiger partial charge in [0.1, 0.15) is 17.2 Å².